The molecule has 1 rings (SSSR count). The zero-order valence-corrected chi connectivity index (χ0v) is 10.4. The maximum absolute atomic E-state index is 11.9. The minimum atomic E-state index is -2.83. The topological polar surface area (TPSA) is 35.5 Å². The van der Waals surface area contributed by atoms with E-state index in [1.165, 1.54) is 17.1 Å². The van der Waals surface area contributed by atoms with Gasteiger partial charge in [0, 0.05) is 16.8 Å². The van der Waals surface area contributed by atoms with Crippen LogP contribution in [0.25, 0.3) is 0 Å². The second-order valence-corrected chi connectivity index (χ2v) is 7.99. The van der Waals surface area contributed by atoms with Crippen molar-refractivity contribution < 1.29 is 13.6 Å². The quantitative estimate of drug-likeness (QED) is 0.506. The molecule has 0 bridgehead atoms. The molecule has 3 nitrogen and oxygen atoms in total. The second kappa shape index (κ2) is 5.66. The minimum absolute atomic E-state index is 0.447. The van der Waals surface area contributed by atoms with Crippen LogP contribution in [0.4, 0.5) is 0 Å². The lowest BCUT2D eigenvalue weighted by atomic mass is 10.6. The van der Waals surface area contributed by atoms with Crippen molar-refractivity contribution in [3.63, 3.8) is 0 Å². The second-order valence-electron chi connectivity index (χ2n) is 2.53. The Morgan fingerprint density at radius 3 is 2.38 bits per heavy atom. The van der Waals surface area contributed by atoms with Crippen molar-refractivity contribution in [3.8, 4) is 0 Å². The number of rotatable bonds is 7. The predicted octanol–water partition coefficient (Wildman–Crippen LogP) is 3.02. The van der Waals surface area contributed by atoms with Crippen molar-refractivity contribution in [2.24, 2.45) is 0 Å². The molecule has 0 amide bonds. The van der Waals surface area contributed by atoms with Crippen LogP contribution in [0.5, 0.6) is 0 Å². The molecule has 0 N–H and O–H groups in total. The van der Waals surface area contributed by atoms with Crippen molar-refractivity contribution >= 4 is 29.9 Å². The standard InChI is InChI=1S/C7H15O3PS2/c1-3-9-11(8,10-4-2)13-6-7-5-12-7/h7H,3-6H2,1-2H3. The van der Waals surface area contributed by atoms with E-state index in [-0.39, 0.29) is 0 Å². The van der Waals surface area contributed by atoms with E-state index < -0.39 is 6.80 Å². The highest BCUT2D eigenvalue weighted by Gasteiger charge is 2.30. The van der Waals surface area contributed by atoms with Gasteiger partial charge in [-0.1, -0.05) is 0 Å². The summed E-state index contributed by atoms with van der Waals surface area (Å²) in [6.07, 6.45) is 0. The molecule has 0 aromatic heterocycles. The van der Waals surface area contributed by atoms with Gasteiger partial charge < -0.3 is 9.05 Å². The minimum Gasteiger partial charge on any atom is -0.301 e. The van der Waals surface area contributed by atoms with Gasteiger partial charge in [0.2, 0.25) is 0 Å². The molecule has 1 saturated heterocycles. The fourth-order valence-electron chi connectivity index (χ4n) is 0.767. The van der Waals surface area contributed by atoms with E-state index in [1.54, 1.807) is 0 Å². The van der Waals surface area contributed by atoms with Gasteiger partial charge >= 0.3 is 6.80 Å². The smallest absolute Gasteiger partial charge is 0.301 e. The summed E-state index contributed by atoms with van der Waals surface area (Å²) in [6, 6.07) is 0. The summed E-state index contributed by atoms with van der Waals surface area (Å²) < 4.78 is 22.1. The van der Waals surface area contributed by atoms with Gasteiger partial charge in [0.15, 0.2) is 0 Å². The lowest BCUT2D eigenvalue weighted by molar-refractivity contribution is 0.237. The third kappa shape index (κ3) is 4.75. The molecule has 6 heteroatoms. The van der Waals surface area contributed by atoms with Crippen LogP contribution in [-0.2, 0) is 13.6 Å². The molecule has 1 aliphatic rings. The Kier molecular flexibility index (Phi) is 5.19. The molecular weight excluding hydrogens is 227 g/mol. The fraction of sp³-hybridized carbons (Fsp3) is 1.00. The summed E-state index contributed by atoms with van der Waals surface area (Å²) in [5.74, 6) is 2.06. The predicted molar refractivity (Wildman–Crippen MR) is 59.6 cm³/mol. The van der Waals surface area contributed by atoms with Crippen molar-refractivity contribution in [2.45, 2.75) is 19.1 Å². The third-order valence-corrected chi connectivity index (χ3v) is 6.62. The Bertz CT molecular complexity index is 186. The largest absolute Gasteiger partial charge is 0.389 e. The summed E-state index contributed by atoms with van der Waals surface area (Å²) in [4.78, 5) is 0. The molecule has 0 spiro atoms. The molecule has 0 radical (unpaired) electrons. The van der Waals surface area contributed by atoms with Crippen LogP contribution in [-0.4, -0.2) is 30.0 Å². The van der Waals surface area contributed by atoms with Crippen LogP contribution in [0.2, 0.25) is 0 Å². The Hall–Kier alpha value is 0.850. The normalized spacial score (nSPS) is 21.8. The van der Waals surface area contributed by atoms with Crippen LogP contribution >= 0.6 is 29.9 Å². The van der Waals surface area contributed by atoms with Crippen LogP contribution < -0.4 is 0 Å². The van der Waals surface area contributed by atoms with E-state index >= 15 is 0 Å². The van der Waals surface area contributed by atoms with Gasteiger partial charge in [-0.05, 0) is 25.2 Å². The van der Waals surface area contributed by atoms with Gasteiger partial charge in [0.05, 0.1) is 13.2 Å². The zero-order valence-electron chi connectivity index (χ0n) is 7.89. The fourth-order valence-corrected chi connectivity index (χ4v) is 5.55. The van der Waals surface area contributed by atoms with E-state index in [0.717, 1.165) is 5.75 Å². The Morgan fingerprint density at radius 2 is 2.00 bits per heavy atom. The van der Waals surface area contributed by atoms with Crippen molar-refractivity contribution in [3.05, 3.63) is 0 Å². The molecule has 1 fully saturated rings. The summed E-state index contributed by atoms with van der Waals surface area (Å²) in [7, 11) is 0. The maximum atomic E-state index is 11.9. The highest BCUT2D eigenvalue weighted by Crippen LogP contribution is 2.61. The number of thioether (sulfide) groups is 1. The van der Waals surface area contributed by atoms with Crippen molar-refractivity contribution in [1.29, 1.82) is 0 Å². The zero-order chi connectivity index (χ0) is 9.73. The highest BCUT2D eigenvalue weighted by molar-refractivity contribution is 8.55. The first-order chi connectivity index (χ1) is 6.20. The first-order valence-electron chi connectivity index (χ1n) is 4.35. The van der Waals surface area contributed by atoms with Gasteiger partial charge in [-0.15, -0.1) is 0 Å². The van der Waals surface area contributed by atoms with Crippen LogP contribution in [0.1, 0.15) is 13.8 Å². The number of hydrogen-bond donors (Lipinski definition) is 0. The number of hydrogen-bond acceptors (Lipinski definition) is 5. The van der Waals surface area contributed by atoms with E-state index in [9.17, 15) is 4.57 Å². The van der Waals surface area contributed by atoms with Crippen molar-refractivity contribution in [1.82, 2.24) is 0 Å². The average molecular weight is 242 g/mol. The summed E-state index contributed by atoms with van der Waals surface area (Å²) in [5.41, 5.74) is 0. The molecule has 78 valence electrons. The lowest BCUT2D eigenvalue weighted by Gasteiger charge is -2.15. The first kappa shape index (κ1) is 11.9. The summed E-state index contributed by atoms with van der Waals surface area (Å²) in [5, 5.41) is 0.666. The molecule has 1 atom stereocenters. The monoisotopic (exact) mass is 242 g/mol. The molecule has 0 saturated carbocycles. The van der Waals surface area contributed by atoms with E-state index in [2.05, 4.69) is 0 Å². The van der Waals surface area contributed by atoms with E-state index in [1.807, 2.05) is 25.6 Å². The van der Waals surface area contributed by atoms with Crippen LogP contribution in [0, 0.1) is 0 Å². The molecule has 1 heterocycles. The molecule has 0 aliphatic carbocycles. The maximum Gasteiger partial charge on any atom is 0.389 e. The molecule has 13 heavy (non-hydrogen) atoms. The van der Waals surface area contributed by atoms with E-state index in [0.29, 0.717) is 18.5 Å². The van der Waals surface area contributed by atoms with Gasteiger partial charge in [0.1, 0.15) is 0 Å². The van der Waals surface area contributed by atoms with Gasteiger partial charge in [-0.2, -0.15) is 11.8 Å². The van der Waals surface area contributed by atoms with Gasteiger partial charge in [-0.25, -0.2) is 4.57 Å². The van der Waals surface area contributed by atoms with Crippen molar-refractivity contribution in [2.75, 3.05) is 24.7 Å². The first-order valence-corrected chi connectivity index (χ1v) is 8.53. The van der Waals surface area contributed by atoms with Crippen LogP contribution in [0.3, 0.4) is 0 Å². The molecule has 1 unspecified atom stereocenters. The van der Waals surface area contributed by atoms with E-state index in [4.69, 9.17) is 9.05 Å². The summed E-state index contributed by atoms with van der Waals surface area (Å²) in [6.45, 7) is 1.73. The highest BCUT2D eigenvalue weighted by atomic mass is 32.7. The SMILES string of the molecule is CCOP(=O)(OCC)SCC1CS1. The summed E-state index contributed by atoms with van der Waals surface area (Å²) >= 11 is 3.23. The molecular formula is C7H15O3PS2. The Morgan fingerprint density at radius 1 is 1.46 bits per heavy atom. The average Bonchev–Trinajstić information content (AvgIpc) is 2.85. The Labute approximate surface area is 87.6 Å². The van der Waals surface area contributed by atoms with Gasteiger partial charge in [0.25, 0.3) is 0 Å². The molecule has 1 aliphatic heterocycles. The molecule has 0 aromatic carbocycles. The van der Waals surface area contributed by atoms with Crippen LogP contribution in [0.15, 0.2) is 0 Å². The third-order valence-electron chi connectivity index (χ3n) is 1.40. The van der Waals surface area contributed by atoms with Gasteiger partial charge in [-0.3, -0.25) is 0 Å². The lowest BCUT2D eigenvalue weighted by Crippen LogP contribution is -1.95. The Balaban J connectivity index is 2.29. The molecule has 0 aromatic rings.